The highest BCUT2D eigenvalue weighted by Gasteiger charge is 2.16. The molecule has 0 spiro atoms. The SMILES string of the molecule is CCC(CC)c1nnc(CN)n1CC. The van der Waals surface area contributed by atoms with Crippen molar-refractivity contribution < 1.29 is 0 Å². The minimum atomic E-state index is 0.473. The molecule has 0 aliphatic rings. The van der Waals surface area contributed by atoms with Crippen LogP contribution in [0.5, 0.6) is 0 Å². The number of rotatable bonds is 5. The van der Waals surface area contributed by atoms with Crippen molar-refractivity contribution in [2.45, 2.75) is 52.6 Å². The Bertz CT molecular complexity index is 276. The van der Waals surface area contributed by atoms with Gasteiger partial charge in [-0.3, -0.25) is 0 Å². The van der Waals surface area contributed by atoms with E-state index in [1.54, 1.807) is 0 Å². The van der Waals surface area contributed by atoms with Crippen molar-refractivity contribution in [1.82, 2.24) is 14.8 Å². The van der Waals surface area contributed by atoms with Gasteiger partial charge in [-0.25, -0.2) is 0 Å². The van der Waals surface area contributed by atoms with E-state index in [-0.39, 0.29) is 0 Å². The van der Waals surface area contributed by atoms with Crippen molar-refractivity contribution in [2.75, 3.05) is 0 Å². The lowest BCUT2D eigenvalue weighted by atomic mass is 10.0. The minimum absolute atomic E-state index is 0.473. The highest BCUT2D eigenvalue weighted by Crippen LogP contribution is 2.21. The Kier molecular flexibility index (Phi) is 4.07. The first-order chi connectivity index (χ1) is 6.78. The predicted octanol–water partition coefficient (Wildman–Crippen LogP) is 1.66. The van der Waals surface area contributed by atoms with Gasteiger partial charge in [0.1, 0.15) is 11.6 Å². The fraction of sp³-hybridized carbons (Fsp3) is 0.800. The molecule has 0 aliphatic carbocycles. The molecule has 1 aromatic heterocycles. The summed E-state index contributed by atoms with van der Waals surface area (Å²) in [6.45, 7) is 7.86. The van der Waals surface area contributed by atoms with Gasteiger partial charge in [0.05, 0.1) is 6.54 Å². The van der Waals surface area contributed by atoms with E-state index < -0.39 is 0 Å². The second-order valence-corrected chi connectivity index (χ2v) is 3.44. The van der Waals surface area contributed by atoms with E-state index in [9.17, 15) is 0 Å². The minimum Gasteiger partial charge on any atom is -0.324 e. The number of aromatic nitrogens is 3. The number of nitrogens with zero attached hydrogens (tertiary/aromatic N) is 3. The second-order valence-electron chi connectivity index (χ2n) is 3.44. The maximum absolute atomic E-state index is 5.60. The molecular formula is C10H20N4. The second kappa shape index (κ2) is 5.10. The molecule has 4 heteroatoms. The summed E-state index contributed by atoms with van der Waals surface area (Å²) in [5.74, 6) is 2.51. The van der Waals surface area contributed by atoms with Crippen molar-refractivity contribution in [2.24, 2.45) is 5.73 Å². The third kappa shape index (κ3) is 1.95. The molecule has 0 bridgehead atoms. The van der Waals surface area contributed by atoms with E-state index >= 15 is 0 Å². The van der Waals surface area contributed by atoms with Crippen LogP contribution in [0.4, 0.5) is 0 Å². The molecule has 1 aromatic rings. The molecule has 4 nitrogen and oxygen atoms in total. The van der Waals surface area contributed by atoms with Crippen molar-refractivity contribution in [3.8, 4) is 0 Å². The summed E-state index contributed by atoms with van der Waals surface area (Å²) in [6.07, 6.45) is 2.22. The summed E-state index contributed by atoms with van der Waals surface area (Å²) < 4.78 is 2.14. The van der Waals surface area contributed by atoms with Gasteiger partial charge in [0.2, 0.25) is 0 Å². The van der Waals surface area contributed by atoms with Gasteiger partial charge in [0, 0.05) is 12.5 Å². The third-order valence-corrected chi connectivity index (χ3v) is 2.71. The molecule has 0 aromatic carbocycles. The van der Waals surface area contributed by atoms with Crippen molar-refractivity contribution in [3.63, 3.8) is 0 Å². The Morgan fingerprint density at radius 1 is 1.21 bits per heavy atom. The van der Waals surface area contributed by atoms with Crippen molar-refractivity contribution in [1.29, 1.82) is 0 Å². The summed E-state index contributed by atoms with van der Waals surface area (Å²) in [5.41, 5.74) is 5.60. The molecule has 0 radical (unpaired) electrons. The summed E-state index contributed by atoms with van der Waals surface area (Å²) >= 11 is 0. The Labute approximate surface area is 85.5 Å². The first-order valence-corrected chi connectivity index (χ1v) is 5.40. The zero-order valence-electron chi connectivity index (χ0n) is 9.32. The van der Waals surface area contributed by atoms with Gasteiger partial charge in [-0.05, 0) is 19.8 Å². The van der Waals surface area contributed by atoms with Crippen LogP contribution in [0.15, 0.2) is 0 Å². The molecule has 0 saturated heterocycles. The zero-order valence-corrected chi connectivity index (χ0v) is 9.32. The molecule has 0 amide bonds. The maximum atomic E-state index is 5.60. The summed E-state index contributed by atoms with van der Waals surface area (Å²) in [7, 11) is 0. The molecule has 1 heterocycles. The van der Waals surface area contributed by atoms with Gasteiger partial charge in [-0.15, -0.1) is 10.2 Å². The molecular weight excluding hydrogens is 176 g/mol. The molecule has 0 aliphatic heterocycles. The fourth-order valence-electron chi connectivity index (χ4n) is 1.80. The van der Waals surface area contributed by atoms with E-state index in [2.05, 4.69) is 35.5 Å². The molecule has 0 saturated carbocycles. The monoisotopic (exact) mass is 196 g/mol. The highest BCUT2D eigenvalue weighted by atomic mass is 15.3. The van der Waals surface area contributed by atoms with Crippen LogP contribution in [0.2, 0.25) is 0 Å². The highest BCUT2D eigenvalue weighted by molar-refractivity contribution is 5.01. The molecule has 2 N–H and O–H groups in total. The van der Waals surface area contributed by atoms with Crippen LogP contribution in [0, 0.1) is 0 Å². The van der Waals surface area contributed by atoms with Gasteiger partial charge in [-0.2, -0.15) is 0 Å². The van der Waals surface area contributed by atoms with E-state index in [1.165, 1.54) is 0 Å². The summed E-state index contributed by atoms with van der Waals surface area (Å²) in [6, 6.07) is 0. The third-order valence-electron chi connectivity index (χ3n) is 2.71. The summed E-state index contributed by atoms with van der Waals surface area (Å²) in [4.78, 5) is 0. The lowest BCUT2D eigenvalue weighted by Crippen LogP contribution is -2.12. The van der Waals surface area contributed by atoms with E-state index in [1.807, 2.05) is 0 Å². The summed E-state index contributed by atoms with van der Waals surface area (Å²) in [5, 5.41) is 8.34. The van der Waals surface area contributed by atoms with Gasteiger partial charge < -0.3 is 10.3 Å². The van der Waals surface area contributed by atoms with Gasteiger partial charge in [0.25, 0.3) is 0 Å². The molecule has 0 fully saturated rings. The normalized spacial score (nSPS) is 11.2. The van der Waals surface area contributed by atoms with Crippen LogP contribution in [0.3, 0.4) is 0 Å². The molecule has 0 unspecified atom stereocenters. The lowest BCUT2D eigenvalue weighted by molar-refractivity contribution is 0.549. The van der Waals surface area contributed by atoms with E-state index in [0.29, 0.717) is 12.5 Å². The van der Waals surface area contributed by atoms with Gasteiger partial charge >= 0.3 is 0 Å². The maximum Gasteiger partial charge on any atom is 0.146 e. The largest absolute Gasteiger partial charge is 0.324 e. The number of hydrogen-bond acceptors (Lipinski definition) is 3. The Balaban J connectivity index is 3.01. The van der Waals surface area contributed by atoms with Crippen molar-refractivity contribution >= 4 is 0 Å². The standard InChI is InChI=1S/C10H20N4/c1-4-8(5-2)10-13-12-9(7-11)14(10)6-3/h8H,4-7,11H2,1-3H3. The fourth-order valence-corrected chi connectivity index (χ4v) is 1.80. The van der Waals surface area contributed by atoms with E-state index in [4.69, 9.17) is 5.73 Å². The van der Waals surface area contributed by atoms with Crippen LogP contribution in [0.1, 0.15) is 51.2 Å². The number of nitrogens with two attached hydrogens (primary N) is 1. The lowest BCUT2D eigenvalue weighted by Gasteiger charge is -2.13. The molecule has 0 atom stereocenters. The first kappa shape index (κ1) is 11.2. The average molecular weight is 196 g/mol. The smallest absolute Gasteiger partial charge is 0.146 e. The van der Waals surface area contributed by atoms with Crippen LogP contribution in [-0.2, 0) is 13.1 Å². The Morgan fingerprint density at radius 3 is 2.29 bits per heavy atom. The quantitative estimate of drug-likeness (QED) is 0.779. The molecule has 80 valence electrons. The van der Waals surface area contributed by atoms with Crippen LogP contribution in [-0.4, -0.2) is 14.8 Å². The Hall–Kier alpha value is -0.900. The predicted molar refractivity (Wildman–Crippen MR) is 56.9 cm³/mol. The zero-order chi connectivity index (χ0) is 10.6. The molecule has 14 heavy (non-hydrogen) atoms. The average Bonchev–Trinajstić information content (AvgIpc) is 2.62. The van der Waals surface area contributed by atoms with Gasteiger partial charge in [0.15, 0.2) is 0 Å². The molecule has 1 rings (SSSR count). The topological polar surface area (TPSA) is 56.7 Å². The van der Waals surface area contributed by atoms with Gasteiger partial charge in [-0.1, -0.05) is 13.8 Å². The van der Waals surface area contributed by atoms with Crippen LogP contribution in [0.25, 0.3) is 0 Å². The first-order valence-electron chi connectivity index (χ1n) is 5.40. The Morgan fingerprint density at radius 2 is 1.86 bits per heavy atom. The van der Waals surface area contributed by atoms with Crippen LogP contribution < -0.4 is 5.73 Å². The van der Waals surface area contributed by atoms with Crippen LogP contribution >= 0.6 is 0 Å². The van der Waals surface area contributed by atoms with Crippen molar-refractivity contribution in [3.05, 3.63) is 11.6 Å². The number of hydrogen-bond donors (Lipinski definition) is 1. The van der Waals surface area contributed by atoms with E-state index in [0.717, 1.165) is 31.0 Å².